The molecule has 3 atom stereocenters. The Morgan fingerprint density at radius 3 is 2.75 bits per heavy atom. The van der Waals surface area contributed by atoms with Gasteiger partial charge in [0, 0.05) is 10.6 Å². The summed E-state index contributed by atoms with van der Waals surface area (Å²) in [6.07, 6.45) is 1.46. The molecule has 4 rings (SSSR count). The van der Waals surface area contributed by atoms with Crippen molar-refractivity contribution in [2.75, 3.05) is 18.1 Å². The topological polar surface area (TPSA) is 49.8 Å². The second-order valence-corrected chi connectivity index (χ2v) is 9.68. The SMILES string of the molecule is CC1(C)OCCC2N1C(=O)C2(Sc1ccccc1)C1(O)CCSC1. The summed E-state index contributed by atoms with van der Waals surface area (Å²) in [5.74, 6) is 1.56. The number of carbonyl (C=O) groups excluding carboxylic acids is 1. The highest BCUT2D eigenvalue weighted by Crippen LogP contribution is 2.59. The largest absolute Gasteiger partial charge is 0.387 e. The third kappa shape index (κ3) is 2.19. The summed E-state index contributed by atoms with van der Waals surface area (Å²) in [5.41, 5.74) is -1.55. The lowest BCUT2D eigenvalue weighted by molar-refractivity contribution is -0.241. The number of fused-ring (bicyclic) bond motifs is 1. The molecular weight excluding hydrogens is 342 g/mol. The van der Waals surface area contributed by atoms with Gasteiger partial charge in [-0.25, -0.2) is 0 Å². The number of carbonyl (C=O) groups is 1. The van der Waals surface area contributed by atoms with Crippen LogP contribution in [0.1, 0.15) is 26.7 Å². The van der Waals surface area contributed by atoms with Crippen LogP contribution in [0.25, 0.3) is 0 Å². The van der Waals surface area contributed by atoms with Gasteiger partial charge >= 0.3 is 0 Å². The van der Waals surface area contributed by atoms with Gasteiger partial charge in [0.15, 0.2) is 0 Å². The molecule has 0 radical (unpaired) electrons. The maximum absolute atomic E-state index is 13.4. The van der Waals surface area contributed by atoms with Crippen molar-refractivity contribution in [3.63, 3.8) is 0 Å². The summed E-state index contributed by atoms with van der Waals surface area (Å²) >= 11 is 3.30. The molecule has 1 aromatic rings. The third-order valence-electron chi connectivity index (χ3n) is 5.46. The summed E-state index contributed by atoms with van der Waals surface area (Å²) in [6.45, 7) is 4.52. The molecule has 24 heavy (non-hydrogen) atoms. The fraction of sp³-hybridized carbons (Fsp3) is 0.611. The van der Waals surface area contributed by atoms with Crippen molar-refractivity contribution < 1.29 is 14.6 Å². The number of thioether (sulfide) groups is 2. The highest BCUT2D eigenvalue weighted by molar-refractivity contribution is 8.02. The summed E-state index contributed by atoms with van der Waals surface area (Å²) in [5, 5.41) is 11.5. The van der Waals surface area contributed by atoms with Crippen LogP contribution < -0.4 is 0 Å². The lowest BCUT2D eigenvalue weighted by Crippen LogP contribution is -2.85. The number of rotatable bonds is 3. The molecule has 1 amide bonds. The Kier molecular flexibility index (Phi) is 3.95. The van der Waals surface area contributed by atoms with Crippen molar-refractivity contribution in [1.82, 2.24) is 4.90 Å². The van der Waals surface area contributed by atoms with Crippen LogP contribution in [-0.4, -0.2) is 56.1 Å². The Balaban J connectivity index is 1.76. The van der Waals surface area contributed by atoms with E-state index < -0.39 is 16.1 Å². The first-order valence-corrected chi connectivity index (χ1v) is 10.4. The van der Waals surface area contributed by atoms with Gasteiger partial charge in [-0.15, -0.1) is 11.8 Å². The minimum Gasteiger partial charge on any atom is -0.387 e. The molecule has 1 aromatic carbocycles. The molecular formula is C18H23NO3S2. The van der Waals surface area contributed by atoms with Crippen molar-refractivity contribution >= 4 is 29.4 Å². The van der Waals surface area contributed by atoms with Gasteiger partial charge in [-0.2, -0.15) is 11.8 Å². The molecule has 3 fully saturated rings. The lowest BCUT2D eigenvalue weighted by atomic mass is 9.70. The summed E-state index contributed by atoms with van der Waals surface area (Å²) in [6, 6.07) is 10.0. The fourth-order valence-electron chi connectivity index (χ4n) is 4.26. The van der Waals surface area contributed by atoms with Gasteiger partial charge in [-0.05, 0) is 44.6 Å². The Hall–Kier alpha value is -0.690. The normalized spacial score (nSPS) is 37.9. The van der Waals surface area contributed by atoms with E-state index in [9.17, 15) is 9.90 Å². The molecule has 3 aliphatic rings. The number of ether oxygens (including phenoxy) is 1. The molecule has 3 heterocycles. The zero-order valence-corrected chi connectivity index (χ0v) is 15.7. The van der Waals surface area contributed by atoms with Gasteiger partial charge in [-0.3, -0.25) is 4.79 Å². The van der Waals surface area contributed by atoms with Gasteiger partial charge in [-0.1, -0.05) is 18.2 Å². The average Bonchev–Trinajstić information content (AvgIpc) is 3.00. The maximum atomic E-state index is 13.4. The number of hydrogen-bond donors (Lipinski definition) is 1. The summed E-state index contributed by atoms with van der Waals surface area (Å²) in [4.78, 5) is 16.3. The van der Waals surface area contributed by atoms with Gasteiger partial charge in [0.2, 0.25) is 5.91 Å². The molecule has 3 saturated heterocycles. The number of β-lactam (4-membered cyclic amide) rings is 1. The van der Waals surface area contributed by atoms with E-state index in [0.717, 1.165) is 17.1 Å². The highest BCUT2D eigenvalue weighted by atomic mass is 32.2. The van der Waals surface area contributed by atoms with Crippen LogP contribution in [0.15, 0.2) is 35.2 Å². The number of aliphatic hydroxyl groups is 1. The van der Waals surface area contributed by atoms with E-state index in [4.69, 9.17) is 4.74 Å². The third-order valence-corrected chi connectivity index (χ3v) is 8.29. The van der Waals surface area contributed by atoms with Crippen LogP contribution in [-0.2, 0) is 9.53 Å². The predicted molar refractivity (Wildman–Crippen MR) is 97.2 cm³/mol. The monoisotopic (exact) mass is 365 g/mol. The van der Waals surface area contributed by atoms with Gasteiger partial charge < -0.3 is 14.7 Å². The summed E-state index contributed by atoms with van der Waals surface area (Å²) < 4.78 is 5.02. The first-order chi connectivity index (χ1) is 11.4. The average molecular weight is 366 g/mol. The zero-order valence-electron chi connectivity index (χ0n) is 14.0. The van der Waals surface area contributed by atoms with Crippen molar-refractivity contribution in [3.05, 3.63) is 30.3 Å². The summed E-state index contributed by atoms with van der Waals surface area (Å²) in [7, 11) is 0. The van der Waals surface area contributed by atoms with Crippen LogP contribution in [0, 0.1) is 0 Å². The van der Waals surface area contributed by atoms with E-state index >= 15 is 0 Å². The van der Waals surface area contributed by atoms with Crippen LogP contribution in [0.3, 0.4) is 0 Å². The zero-order chi connectivity index (χ0) is 17.0. The van der Waals surface area contributed by atoms with Crippen LogP contribution >= 0.6 is 23.5 Å². The van der Waals surface area contributed by atoms with Crippen molar-refractivity contribution in [2.45, 2.75) is 53.7 Å². The minimum absolute atomic E-state index is 0.0163. The quantitative estimate of drug-likeness (QED) is 0.835. The van der Waals surface area contributed by atoms with Crippen LogP contribution in [0.5, 0.6) is 0 Å². The number of hydrogen-bond acceptors (Lipinski definition) is 5. The maximum Gasteiger partial charge on any atom is 0.246 e. The Morgan fingerprint density at radius 1 is 1.33 bits per heavy atom. The number of benzene rings is 1. The molecule has 0 aliphatic carbocycles. The smallest absolute Gasteiger partial charge is 0.246 e. The Bertz CT molecular complexity index is 645. The van der Waals surface area contributed by atoms with Crippen LogP contribution in [0.2, 0.25) is 0 Å². The fourth-order valence-corrected chi connectivity index (χ4v) is 7.26. The Labute approximate surface area is 151 Å². The van der Waals surface area contributed by atoms with E-state index in [-0.39, 0.29) is 11.9 Å². The first-order valence-electron chi connectivity index (χ1n) is 8.43. The first kappa shape index (κ1) is 16.8. The predicted octanol–water partition coefficient (Wildman–Crippen LogP) is 2.75. The molecule has 0 spiro atoms. The highest BCUT2D eigenvalue weighted by Gasteiger charge is 2.74. The van der Waals surface area contributed by atoms with E-state index in [1.54, 1.807) is 23.5 Å². The number of amides is 1. The molecule has 4 nitrogen and oxygen atoms in total. The second-order valence-electron chi connectivity index (χ2n) is 7.26. The van der Waals surface area contributed by atoms with Gasteiger partial charge in [0.1, 0.15) is 16.1 Å². The molecule has 0 bridgehead atoms. The molecule has 6 heteroatoms. The molecule has 3 aliphatic heterocycles. The van der Waals surface area contributed by atoms with Crippen molar-refractivity contribution in [2.24, 2.45) is 0 Å². The van der Waals surface area contributed by atoms with E-state index in [1.807, 2.05) is 49.1 Å². The van der Waals surface area contributed by atoms with E-state index in [1.165, 1.54) is 0 Å². The Morgan fingerprint density at radius 2 is 2.08 bits per heavy atom. The molecule has 130 valence electrons. The molecule has 1 N–H and O–H groups in total. The van der Waals surface area contributed by atoms with Gasteiger partial charge in [0.05, 0.1) is 12.6 Å². The molecule has 3 unspecified atom stereocenters. The van der Waals surface area contributed by atoms with Gasteiger partial charge in [0.25, 0.3) is 0 Å². The van der Waals surface area contributed by atoms with E-state index in [0.29, 0.717) is 18.8 Å². The lowest BCUT2D eigenvalue weighted by Gasteiger charge is -2.66. The standard InChI is InChI=1S/C18H23NO3S2/c1-16(2)19-14(8-10-22-16)18(15(19)20,17(21)9-11-23-12-17)24-13-6-4-3-5-7-13/h3-7,14,21H,8-12H2,1-2H3. The van der Waals surface area contributed by atoms with Crippen molar-refractivity contribution in [1.29, 1.82) is 0 Å². The molecule has 0 saturated carbocycles. The van der Waals surface area contributed by atoms with E-state index in [2.05, 4.69) is 0 Å². The molecule has 0 aromatic heterocycles. The second kappa shape index (κ2) is 5.66. The van der Waals surface area contributed by atoms with Crippen LogP contribution in [0.4, 0.5) is 0 Å². The number of nitrogens with zero attached hydrogens (tertiary/aromatic N) is 1. The van der Waals surface area contributed by atoms with Crippen molar-refractivity contribution in [3.8, 4) is 0 Å². The minimum atomic E-state index is -0.955.